The standard InChI is InChI=1S/C13H26N2/c1-11(9-14)10-15-7-5-12(6-8-15)13(2,3)4/h5,11H,6-10,14H2,1-4H3. The van der Waals surface area contributed by atoms with E-state index in [4.69, 9.17) is 5.73 Å². The Hall–Kier alpha value is -0.340. The van der Waals surface area contributed by atoms with Gasteiger partial charge < -0.3 is 5.73 Å². The first kappa shape index (κ1) is 12.7. The Balaban J connectivity index is 2.44. The van der Waals surface area contributed by atoms with Gasteiger partial charge in [0, 0.05) is 19.6 Å². The number of hydrogen-bond acceptors (Lipinski definition) is 2. The van der Waals surface area contributed by atoms with E-state index in [9.17, 15) is 0 Å². The van der Waals surface area contributed by atoms with Crippen LogP contribution in [0, 0.1) is 11.3 Å². The minimum Gasteiger partial charge on any atom is -0.330 e. The van der Waals surface area contributed by atoms with Crippen LogP contribution >= 0.6 is 0 Å². The Morgan fingerprint density at radius 1 is 1.47 bits per heavy atom. The fourth-order valence-electron chi connectivity index (χ4n) is 2.07. The van der Waals surface area contributed by atoms with Crippen LogP contribution in [0.15, 0.2) is 11.6 Å². The summed E-state index contributed by atoms with van der Waals surface area (Å²) in [4.78, 5) is 2.51. The topological polar surface area (TPSA) is 29.3 Å². The molecule has 0 aromatic rings. The molecule has 0 radical (unpaired) electrons. The van der Waals surface area contributed by atoms with Crippen LogP contribution < -0.4 is 5.73 Å². The predicted octanol–water partition coefficient (Wildman–Crippen LogP) is 2.26. The van der Waals surface area contributed by atoms with Crippen molar-refractivity contribution in [1.82, 2.24) is 4.90 Å². The highest BCUT2D eigenvalue weighted by Crippen LogP contribution is 2.30. The molecular weight excluding hydrogens is 184 g/mol. The molecule has 1 heterocycles. The molecule has 0 amide bonds. The van der Waals surface area contributed by atoms with Crippen molar-refractivity contribution in [2.24, 2.45) is 17.1 Å². The van der Waals surface area contributed by atoms with E-state index in [1.54, 1.807) is 5.57 Å². The molecule has 2 heteroatoms. The molecule has 0 aromatic heterocycles. The molecule has 1 rings (SSSR count). The highest BCUT2D eigenvalue weighted by molar-refractivity contribution is 5.14. The average Bonchev–Trinajstić information content (AvgIpc) is 2.17. The van der Waals surface area contributed by atoms with Crippen LogP contribution in [0.4, 0.5) is 0 Å². The lowest BCUT2D eigenvalue weighted by Gasteiger charge is -2.33. The summed E-state index contributed by atoms with van der Waals surface area (Å²) in [5, 5.41) is 0. The van der Waals surface area contributed by atoms with Gasteiger partial charge in [-0.1, -0.05) is 39.3 Å². The normalized spacial score (nSPS) is 21.3. The molecule has 0 aromatic carbocycles. The van der Waals surface area contributed by atoms with Gasteiger partial charge in [0.05, 0.1) is 0 Å². The van der Waals surface area contributed by atoms with Crippen molar-refractivity contribution in [3.05, 3.63) is 11.6 Å². The molecular formula is C13H26N2. The van der Waals surface area contributed by atoms with E-state index in [1.165, 1.54) is 13.0 Å². The van der Waals surface area contributed by atoms with Gasteiger partial charge in [-0.3, -0.25) is 4.90 Å². The van der Waals surface area contributed by atoms with Crippen molar-refractivity contribution in [3.63, 3.8) is 0 Å². The van der Waals surface area contributed by atoms with Crippen LogP contribution in [0.3, 0.4) is 0 Å². The molecule has 2 N–H and O–H groups in total. The van der Waals surface area contributed by atoms with Gasteiger partial charge in [-0.05, 0) is 24.3 Å². The van der Waals surface area contributed by atoms with Crippen molar-refractivity contribution >= 4 is 0 Å². The Morgan fingerprint density at radius 3 is 2.53 bits per heavy atom. The van der Waals surface area contributed by atoms with Crippen molar-refractivity contribution in [1.29, 1.82) is 0 Å². The average molecular weight is 210 g/mol. The summed E-state index contributed by atoms with van der Waals surface area (Å²) >= 11 is 0. The summed E-state index contributed by atoms with van der Waals surface area (Å²) in [5.74, 6) is 0.620. The maximum absolute atomic E-state index is 5.64. The number of hydrogen-bond donors (Lipinski definition) is 1. The van der Waals surface area contributed by atoms with E-state index >= 15 is 0 Å². The fourth-order valence-corrected chi connectivity index (χ4v) is 2.07. The molecule has 1 unspecified atom stereocenters. The zero-order chi connectivity index (χ0) is 11.5. The van der Waals surface area contributed by atoms with Crippen LogP contribution in [0.25, 0.3) is 0 Å². The Bertz CT molecular complexity index is 225. The van der Waals surface area contributed by atoms with Gasteiger partial charge in [0.2, 0.25) is 0 Å². The summed E-state index contributed by atoms with van der Waals surface area (Å²) in [6, 6.07) is 0. The highest BCUT2D eigenvalue weighted by Gasteiger charge is 2.21. The van der Waals surface area contributed by atoms with E-state index in [2.05, 4.69) is 38.7 Å². The van der Waals surface area contributed by atoms with Crippen LogP contribution in [-0.2, 0) is 0 Å². The third kappa shape index (κ3) is 3.96. The second-order valence-electron chi connectivity index (χ2n) is 5.83. The Morgan fingerprint density at radius 2 is 2.13 bits per heavy atom. The zero-order valence-electron chi connectivity index (χ0n) is 10.7. The lowest BCUT2D eigenvalue weighted by atomic mass is 9.83. The van der Waals surface area contributed by atoms with Gasteiger partial charge >= 0.3 is 0 Å². The first-order chi connectivity index (χ1) is 6.93. The summed E-state index contributed by atoms with van der Waals surface area (Å²) < 4.78 is 0. The molecule has 0 aliphatic carbocycles. The minimum absolute atomic E-state index is 0.353. The van der Waals surface area contributed by atoms with E-state index < -0.39 is 0 Å². The number of nitrogens with two attached hydrogens (primary N) is 1. The summed E-state index contributed by atoms with van der Waals surface area (Å²) in [6.45, 7) is 13.4. The van der Waals surface area contributed by atoms with E-state index in [0.29, 0.717) is 11.3 Å². The lowest BCUT2D eigenvalue weighted by Crippen LogP contribution is -2.36. The smallest absolute Gasteiger partial charge is 0.0166 e. The van der Waals surface area contributed by atoms with Gasteiger partial charge in [0.15, 0.2) is 0 Å². The maximum Gasteiger partial charge on any atom is 0.0166 e. The molecule has 0 saturated heterocycles. The quantitative estimate of drug-likeness (QED) is 0.724. The summed E-state index contributed by atoms with van der Waals surface area (Å²) in [5.41, 5.74) is 7.61. The second-order valence-corrected chi connectivity index (χ2v) is 5.83. The van der Waals surface area contributed by atoms with Gasteiger partial charge in [-0.15, -0.1) is 0 Å². The molecule has 1 aliphatic rings. The highest BCUT2D eigenvalue weighted by atomic mass is 15.1. The molecule has 88 valence electrons. The monoisotopic (exact) mass is 210 g/mol. The van der Waals surface area contributed by atoms with E-state index in [0.717, 1.165) is 19.6 Å². The molecule has 0 spiro atoms. The first-order valence-electron chi connectivity index (χ1n) is 6.05. The predicted molar refractivity (Wildman–Crippen MR) is 66.8 cm³/mol. The van der Waals surface area contributed by atoms with Crippen LogP contribution in [0.5, 0.6) is 0 Å². The first-order valence-corrected chi connectivity index (χ1v) is 6.05. The molecule has 1 aliphatic heterocycles. The third-order valence-corrected chi connectivity index (χ3v) is 3.23. The molecule has 1 atom stereocenters. The number of rotatable bonds is 3. The second kappa shape index (κ2) is 5.13. The van der Waals surface area contributed by atoms with Crippen molar-refractivity contribution < 1.29 is 0 Å². The Kier molecular flexibility index (Phi) is 4.35. The van der Waals surface area contributed by atoms with Crippen molar-refractivity contribution in [2.45, 2.75) is 34.1 Å². The van der Waals surface area contributed by atoms with Crippen LogP contribution in [0.1, 0.15) is 34.1 Å². The number of nitrogens with zero attached hydrogens (tertiary/aromatic N) is 1. The van der Waals surface area contributed by atoms with E-state index in [1.807, 2.05) is 0 Å². The van der Waals surface area contributed by atoms with Gasteiger partial charge in [-0.25, -0.2) is 0 Å². The summed E-state index contributed by atoms with van der Waals surface area (Å²) in [7, 11) is 0. The van der Waals surface area contributed by atoms with Gasteiger partial charge in [0.1, 0.15) is 0 Å². The zero-order valence-corrected chi connectivity index (χ0v) is 10.7. The van der Waals surface area contributed by atoms with E-state index in [-0.39, 0.29) is 0 Å². The maximum atomic E-state index is 5.64. The van der Waals surface area contributed by atoms with Crippen LogP contribution in [0.2, 0.25) is 0 Å². The van der Waals surface area contributed by atoms with Gasteiger partial charge in [-0.2, -0.15) is 0 Å². The minimum atomic E-state index is 0.353. The molecule has 0 saturated carbocycles. The molecule has 0 bridgehead atoms. The third-order valence-electron chi connectivity index (χ3n) is 3.23. The molecule has 0 fully saturated rings. The fraction of sp³-hybridized carbons (Fsp3) is 0.846. The lowest BCUT2D eigenvalue weighted by molar-refractivity contribution is 0.246. The summed E-state index contributed by atoms with van der Waals surface area (Å²) in [6.07, 6.45) is 3.63. The molecule has 2 nitrogen and oxygen atoms in total. The van der Waals surface area contributed by atoms with Crippen molar-refractivity contribution in [3.8, 4) is 0 Å². The SMILES string of the molecule is CC(CN)CN1CC=C(C(C)(C)C)CC1. The van der Waals surface area contributed by atoms with Crippen molar-refractivity contribution in [2.75, 3.05) is 26.2 Å². The Labute approximate surface area is 94.5 Å². The van der Waals surface area contributed by atoms with Crippen LogP contribution in [-0.4, -0.2) is 31.1 Å². The largest absolute Gasteiger partial charge is 0.330 e. The van der Waals surface area contributed by atoms with Gasteiger partial charge in [0.25, 0.3) is 0 Å². The molecule has 15 heavy (non-hydrogen) atoms.